The van der Waals surface area contributed by atoms with E-state index in [9.17, 15) is 0 Å². The minimum atomic E-state index is -1.80. The average molecular weight is 172 g/mol. The number of carbonyl (C=O) groups is 1. The first kappa shape index (κ1) is 15.7. The van der Waals surface area contributed by atoms with Crippen LogP contribution in [0.3, 0.4) is 0 Å². The molecular weight excluding hydrogens is 168 g/mol. The SMILES string of the molecule is O=CC(O)O.[Ti].[Ti]. The Morgan fingerprint density at radius 2 is 1.43 bits per heavy atom. The molecule has 0 bridgehead atoms. The predicted octanol–water partition coefficient (Wildman–Crippen LogP) is -1.51. The van der Waals surface area contributed by atoms with E-state index in [2.05, 4.69) is 0 Å². The van der Waals surface area contributed by atoms with Crippen molar-refractivity contribution in [3.05, 3.63) is 0 Å². The summed E-state index contributed by atoms with van der Waals surface area (Å²) in [6.45, 7) is 0. The number of rotatable bonds is 1. The molecule has 0 amide bonds. The molecule has 7 heavy (non-hydrogen) atoms. The van der Waals surface area contributed by atoms with E-state index in [-0.39, 0.29) is 49.7 Å². The fourth-order valence-electron chi connectivity index (χ4n) is 0. The molecule has 0 aromatic rings. The molecule has 0 aromatic carbocycles. The van der Waals surface area contributed by atoms with Crippen LogP contribution in [0.1, 0.15) is 0 Å². The predicted molar refractivity (Wildman–Crippen MR) is 14.3 cm³/mol. The number of hydrogen-bond donors (Lipinski definition) is 2. The fraction of sp³-hybridized carbons (Fsp3) is 0.500. The number of aliphatic hydroxyl groups is 2. The van der Waals surface area contributed by atoms with E-state index >= 15 is 0 Å². The van der Waals surface area contributed by atoms with Gasteiger partial charge in [0.15, 0.2) is 6.29 Å². The molecule has 0 rings (SSSR count). The summed E-state index contributed by atoms with van der Waals surface area (Å²) in [4.78, 5) is 9.00. The van der Waals surface area contributed by atoms with Crippen molar-refractivity contribution in [3.63, 3.8) is 0 Å². The van der Waals surface area contributed by atoms with Crippen LogP contribution in [0, 0.1) is 0 Å². The summed E-state index contributed by atoms with van der Waals surface area (Å²) in [5, 5.41) is 15.1. The smallest absolute Gasteiger partial charge is 0.209 e. The number of carbonyl (C=O) groups excluding carboxylic acids is 1. The zero-order valence-electron chi connectivity index (χ0n) is 3.46. The number of aldehydes is 1. The molecule has 0 spiro atoms. The maximum atomic E-state index is 9.00. The molecule has 0 aliphatic carbocycles. The van der Waals surface area contributed by atoms with E-state index in [0.717, 1.165) is 0 Å². The van der Waals surface area contributed by atoms with Gasteiger partial charge in [-0.15, -0.1) is 0 Å². The van der Waals surface area contributed by atoms with E-state index in [4.69, 9.17) is 15.0 Å². The van der Waals surface area contributed by atoms with E-state index in [0.29, 0.717) is 0 Å². The van der Waals surface area contributed by atoms with Crippen molar-refractivity contribution in [1.82, 2.24) is 0 Å². The molecule has 3 nitrogen and oxygen atoms in total. The monoisotopic (exact) mass is 172 g/mol. The minimum absolute atomic E-state index is 0. The minimum Gasteiger partial charge on any atom is -0.362 e. The van der Waals surface area contributed by atoms with Gasteiger partial charge >= 0.3 is 0 Å². The maximum Gasteiger partial charge on any atom is 0.209 e. The Morgan fingerprint density at radius 1 is 1.29 bits per heavy atom. The second-order valence-electron chi connectivity index (χ2n) is 0.550. The Balaban J connectivity index is -0.0000000800. The Bertz CT molecular complexity index is 37.9. The Kier molecular flexibility index (Phi) is 22.6. The van der Waals surface area contributed by atoms with Crippen molar-refractivity contribution in [3.8, 4) is 0 Å². The second kappa shape index (κ2) is 10.1. The summed E-state index contributed by atoms with van der Waals surface area (Å²) in [6.07, 6.45) is -1.77. The van der Waals surface area contributed by atoms with Crippen LogP contribution >= 0.6 is 0 Å². The molecular formula is C2H4O3Ti2. The third-order valence-corrected chi connectivity index (χ3v) is 0.122. The van der Waals surface area contributed by atoms with Gasteiger partial charge in [-0.1, -0.05) is 0 Å². The first-order valence-corrected chi connectivity index (χ1v) is 1.09. The molecule has 5 heteroatoms. The van der Waals surface area contributed by atoms with Crippen LogP contribution in [-0.2, 0) is 48.2 Å². The average Bonchev–Trinajstić information content (AvgIpc) is 1.38. The van der Waals surface area contributed by atoms with Gasteiger partial charge in [0.1, 0.15) is 0 Å². The van der Waals surface area contributed by atoms with Crippen molar-refractivity contribution < 1.29 is 58.4 Å². The second-order valence-corrected chi connectivity index (χ2v) is 0.550. The van der Waals surface area contributed by atoms with Gasteiger partial charge in [-0.25, -0.2) is 0 Å². The third-order valence-electron chi connectivity index (χ3n) is 0.122. The Labute approximate surface area is 70.9 Å². The largest absolute Gasteiger partial charge is 0.362 e. The molecule has 0 aromatic heterocycles. The first-order valence-electron chi connectivity index (χ1n) is 1.09. The van der Waals surface area contributed by atoms with Crippen molar-refractivity contribution >= 4 is 6.29 Å². The molecule has 2 N–H and O–H groups in total. The Morgan fingerprint density at radius 3 is 1.43 bits per heavy atom. The quantitative estimate of drug-likeness (QED) is 0.287. The molecule has 0 atom stereocenters. The van der Waals surface area contributed by atoms with Crippen LogP contribution in [0.2, 0.25) is 0 Å². The summed E-state index contributed by atoms with van der Waals surface area (Å²) in [7, 11) is 0. The summed E-state index contributed by atoms with van der Waals surface area (Å²) >= 11 is 0. The Hall–Kier alpha value is 1.02. The van der Waals surface area contributed by atoms with Crippen LogP contribution in [0.15, 0.2) is 0 Å². The van der Waals surface area contributed by atoms with Gasteiger partial charge in [0, 0.05) is 43.4 Å². The molecule has 0 heterocycles. The van der Waals surface area contributed by atoms with Crippen LogP contribution in [-0.4, -0.2) is 22.8 Å². The molecule has 0 radical (unpaired) electrons. The van der Waals surface area contributed by atoms with Crippen molar-refractivity contribution in [1.29, 1.82) is 0 Å². The summed E-state index contributed by atoms with van der Waals surface area (Å²) < 4.78 is 0. The maximum absolute atomic E-state index is 9.00. The molecule has 38 valence electrons. The van der Waals surface area contributed by atoms with Crippen molar-refractivity contribution in [2.45, 2.75) is 6.29 Å². The first-order chi connectivity index (χ1) is 2.27. The van der Waals surface area contributed by atoms with Gasteiger partial charge in [-0.05, 0) is 0 Å². The molecule has 0 saturated carbocycles. The van der Waals surface area contributed by atoms with Gasteiger partial charge in [-0.3, -0.25) is 4.79 Å². The third kappa shape index (κ3) is 19.4. The number of aliphatic hydroxyl groups excluding tert-OH is 1. The van der Waals surface area contributed by atoms with E-state index in [1.54, 1.807) is 0 Å². The fourth-order valence-corrected chi connectivity index (χ4v) is 0. The van der Waals surface area contributed by atoms with E-state index in [1.165, 1.54) is 0 Å². The van der Waals surface area contributed by atoms with E-state index in [1.807, 2.05) is 0 Å². The van der Waals surface area contributed by atoms with Gasteiger partial charge in [0.25, 0.3) is 0 Å². The van der Waals surface area contributed by atoms with Crippen LogP contribution in [0.4, 0.5) is 0 Å². The van der Waals surface area contributed by atoms with Crippen molar-refractivity contribution in [2.75, 3.05) is 0 Å². The summed E-state index contributed by atoms with van der Waals surface area (Å²) in [5.74, 6) is 0. The number of hydrogen-bond acceptors (Lipinski definition) is 3. The van der Waals surface area contributed by atoms with Gasteiger partial charge < -0.3 is 10.2 Å². The normalized spacial score (nSPS) is 6.14. The molecule has 0 aliphatic heterocycles. The van der Waals surface area contributed by atoms with Crippen LogP contribution < -0.4 is 0 Å². The summed E-state index contributed by atoms with van der Waals surface area (Å²) in [6, 6.07) is 0. The molecule has 0 saturated heterocycles. The van der Waals surface area contributed by atoms with Gasteiger partial charge in [-0.2, -0.15) is 0 Å². The topological polar surface area (TPSA) is 57.5 Å². The molecule has 0 unspecified atom stereocenters. The van der Waals surface area contributed by atoms with Crippen LogP contribution in [0.5, 0.6) is 0 Å². The zero-order chi connectivity index (χ0) is 4.28. The van der Waals surface area contributed by atoms with Crippen LogP contribution in [0.25, 0.3) is 0 Å². The standard InChI is InChI=1S/C2H4O3.2Ti/c3-1-2(4)5;;/h1-2,4-5H;;. The van der Waals surface area contributed by atoms with Gasteiger partial charge in [0.05, 0.1) is 0 Å². The van der Waals surface area contributed by atoms with Crippen molar-refractivity contribution in [2.24, 2.45) is 0 Å². The van der Waals surface area contributed by atoms with E-state index < -0.39 is 6.29 Å². The molecule has 0 fully saturated rings. The zero-order valence-corrected chi connectivity index (χ0v) is 6.58. The molecule has 0 aliphatic rings. The van der Waals surface area contributed by atoms with Gasteiger partial charge in [0.2, 0.25) is 6.29 Å². The summed E-state index contributed by atoms with van der Waals surface area (Å²) in [5.41, 5.74) is 0.